The van der Waals surface area contributed by atoms with E-state index in [0.717, 1.165) is 25.7 Å². The van der Waals surface area contributed by atoms with E-state index in [1.165, 1.54) is 0 Å². The van der Waals surface area contributed by atoms with Crippen LogP contribution in [0.5, 0.6) is 0 Å². The van der Waals surface area contributed by atoms with Gasteiger partial charge < -0.3 is 16.2 Å². The van der Waals surface area contributed by atoms with E-state index in [9.17, 15) is 9.90 Å². The Kier molecular flexibility index (Phi) is 3.89. The number of hydrogen-bond acceptors (Lipinski definition) is 3. The molecule has 0 aliphatic heterocycles. The van der Waals surface area contributed by atoms with Gasteiger partial charge in [-0.1, -0.05) is 6.92 Å². The summed E-state index contributed by atoms with van der Waals surface area (Å²) in [5, 5.41) is 12.5. The minimum Gasteiger partial charge on any atom is -0.388 e. The molecular weight excluding hydrogens is 180 g/mol. The standard InChI is InChI=1S/C10H20N2O2/c1-2-8(6-11)9(13)12-7-10(14)4-3-5-10/h8,14H,2-7,11H2,1H3,(H,12,13). The molecule has 0 spiro atoms. The fraction of sp³-hybridized carbons (Fsp3) is 0.900. The lowest BCUT2D eigenvalue weighted by Crippen LogP contribution is -2.49. The molecular formula is C10H20N2O2. The Hall–Kier alpha value is -0.610. The van der Waals surface area contributed by atoms with Crippen LogP contribution in [0, 0.1) is 5.92 Å². The number of aliphatic hydroxyl groups is 1. The number of carbonyl (C=O) groups excluding carboxylic acids is 1. The van der Waals surface area contributed by atoms with Crippen LogP contribution in [0.15, 0.2) is 0 Å². The van der Waals surface area contributed by atoms with Gasteiger partial charge in [0.2, 0.25) is 5.91 Å². The average Bonchev–Trinajstić information content (AvgIpc) is 2.13. The van der Waals surface area contributed by atoms with Crippen LogP contribution in [0.3, 0.4) is 0 Å². The molecule has 0 saturated heterocycles. The molecule has 4 nitrogen and oxygen atoms in total. The van der Waals surface area contributed by atoms with Crippen LogP contribution in [0.4, 0.5) is 0 Å². The molecule has 0 radical (unpaired) electrons. The van der Waals surface area contributed by atoms with Gasteiger partial charge in [-0.3, -0.25) is 4.79 Å². The zero-order chi connectivity index (χ0) is 10.6. The lowest BCUT2D eigenvalue weighted by molar-refractivity contribution is -0.127. The predicted octanol–water partition coefficient (Wildman–Crippen LogP) is 0.00250. The van der Waals surface area contributed by atoms with Crippen molar-refractivity contribution < 1.29 is 9.90 Å². The van der Waals surface area contributed by atoms with Crippen LogP contribution >= 0.6 is 0 Å². The van der Waals surface area contributed by atoms with Crippen molar-refractivity contribution >= 4 is 5.91 Å². The van der Waals surface area contributed by atoms with Gasteiger partial charge in [-0.05, 0) is 25.7 Å². The SMILES string of the molecule is CCC(CN)C(=O)NCC1(O)CCC1. The van der Waals surface area contributed by atoms with Crippen molar-refractivity contribution in [1.82, 2.24) is 5.32 Å². The molecule has 1 aliphatic carbocycles. The van der Waals surface area contributed by atoms with E-state index in [1.807, 2.05) is 6.92 Å². The quantitative estimate of drug-likeness (QED) is 0.585. The highest BCUT2D eigenvalue weighted by Gasteiger charge is 2.34. The largest absolute Gasteiger partial charge is 0.388 e. The average molecular weight is 200 g/mol. The maximum absolute atomic E-state index is 11.5. The van der Waals surface area contributed by atoms with Crippen LogP contribution in [-0.2, 0) is 4.79 Å². The summed E-state index contributed by atoms with van der Waals surface area (Å²) < 4.78 is 0. The highest BCUT2D eigenvalue weighted by atomic mass is 16.3. The van der Waals surface area contributed by atoms with Crippen LogP contribution in [0.25, 0.3) is 0 Å². The third kappa shape index (κ3) is 2.69. The topological polar surface area (TPSA) is 75.4 Å². The first-order chi connectivity index (χ1) is 6.61. The number of amides is 1. The third-order valence-electron chi connectivity index (χ3n) is 3.02. The number of rotatable bonds is 5. The van der Waals surface area contributed by atoms with Gasteiger partial charge in [-0.15, -0.1) is 0 Å². The Morgan fingerprint density at radius 3 is 2.64 bits per heavy atom. The van der Waals surface area contributed by atoms with Gasteiger partial charge in [0.25, 0.3) is 0 Å². The molecule has 1 atom stereocenters. The van der Waals surface area contributed by atoms with Crippen LogP contribution < -0.4 is 11.1 Å². The normalized spacial score (nSPS) is 21.1. The zero-order valence-corrected chi connectivity index (χ0v) is 8.75. The molecule has 0 aromatic heterocycles. The number of nitrogens with two attached hydrogens (primary N) is 1. The van der Waals surface area contributed by atoms with Crippen molar-refractivity contribution in [2.24, 2.45) is 11.7 Å². The lowest BCUT2D eigenvalue weighted by Gasteiger charge is -2.36. The highest BCUT2D eigenvalue weighted by molar-refractivity contribution is 5.78. The van der Waals surface area contributed by atoms with Crippen molar-refractivity contribution in [2.45, 2.75) is 38.2 Å². The summed E-state index contributed by atoms with van der Waals surface area (Å²) in [6, 6.07) is 0. The van der Waals surface area contributed by atoms with E-state index in [0.29, 0.717) is 13.1 Å². The molecule has 0 aromatic carbocycles. The van der Waals surface area contributed by atoms with Gasteiger partial charge in [-0.2, -0.15) is 0 Å². The second kappa shape index (κ2) is 4.75. The Labute approximate surface area is 84.9 Å². The number of hydrogen-bond donors (Lipinski definition) is 3. The summed E-state index contributed by atoms with van der Waals surface area (Å²) in [4.78, 5) is 11.5. The Bertz CT molecular complexity index is 198. The molecule has 0 bridgehead atoms. The smallest absolute Gasteiger partial charge is 0.224 e. The van der Waals surface area contributed by atoms with Crippen molar-refractivity contribution in [2.75, 3.05) is 13.1 Å². The summed E-state index contributed by atoms with van der Waals surface area (Å²) in [7, 11) is 0. The van der Waals surface area contributed by atoms with Crippen molar-refractivity contribution in [3.05, 3.63) is 0 Å². The lowest BCUT2D eigenvalue weighted by atomic mass is 9.80. The zero-order valence-electron chi connectivity index (χ0n) is 8.75. The van der Waals surface area contributed by atoms with E-state index in [4.69, 9.17) is 5.73 Å². The van der Waals surface area contributed by atoms with Gasteiger partial charge in [0.1, 0.15) is 0 Å². The predicted molar refractivity (Wildman–Crippen MR) is 54.6 cm³/mol. The first-order valence-corrected chi connectivity index (χ1v) is 5.31. The minimum atomic E-state index is -0.636. The molecule has 4 heteroatoms. The van der Waals surface area contributed by atoms with Crippen LogP contribution in [-0.4, -0.2) is 29.7 Å². The summed E-state index contributed by atoms with van der Waals surface area (Å²) in [6.45, 7) is 2.69. The summed E-state index contributed by atoms with van der Waals surface area (Å²) in [5.74, 6) is -0.144. The first-order valence-electron chi connectivity index (χ1n) is 5.31. The van der Waals surface area contributed by atoms with E-state index in [-0.39, 0.29) is 11.8 Å². The number of nitrogens with one attached hydrogen (secondary N) is 1. The molecule has 1 rings (SSSR count). The second-order valence-electron chi connectivity index (χ2n) is 4.14. The fourth-order valence-corrected chi connectivity index (χ4v) is 1.62. The molecule has 14 heavy (non-hydrogen) atoms. The van der Waals surface area contributed by atoms with Crippen LogP contribution in [0.1, 0.15) is 32.6 Å². The van der Waals surface area contributed by atoms with E-state index in [1.54, 1.807) is 0 Å². The van der Waals surface area contributed by atoms with E-state index < -0.39 is 5.60 Å². The molecule has 1 fully saturated rings. The summed E-state index contributed by atoms with van der Waals surface area (Å²) in [6.07, 6.45) is 3.40. The van der Waals surface area contributed by atoms with Gasteiger partial charge in [0, 0.05) is 19.0 Å². The molecule has 1 amide bonds. The van der Waals surface area contributed by atoms with Gasteiger partial charge in [-0.25, -0.2) is 0 Å². The maximum atomic E-state index is 11.5. The second-order valence-corrected chi connectivity index (χ2v) is 4.14. The highest BCUT2D eigenvalue weighted by Crippen LogP contribution is 2.30. The molecule has 1 unspecified atom stereocenters. The molecule has 0 aromatic rings. The van der Waals surface area contributed by atoms with Gasteiger partial charge in [0.15, 0.2) is 0 Å². The number of carbonyl (C=O) groups is 1. The first kappa shape index (κ1) is 11.5. The maximum Gasteiger partial charge on any atom is 0.224 e. The van der Waals surface area contributed by atoms with Gasteiger partial charge >= 0.3 is 0 Å². The van der Waals surface area contributed by atoms with Crippen molar-refractivity contribution in [1.29, 1.82) is 0 Å². The van der Waals surface area contributed by atoms with Crippen LogP contribution in [0.2, 0.25) is 0 Å². The Balaban J connectivity index is 2.26. The molecule has 1 saturated carbocycles. The molecule has 1 aliphatic rings. The van der Waals surface area contributed by atoms with Gasteiger partial charge in [0.05, 0.1) is 5.60 Å². The summed E-state index contributed by atoms with van der Waals surface area (Å²) in [5.41, 5.74) is 4.81. The molecule has 82 valence electrons. The molecule has 0 heterocycles. The van der Waals surface area contributed by atoms with Crippen molar-refractivity contribution in [3.8, 4) is 0 Å². The Morgan fingerprint density at radius 2 is 2.29 bits per heavy atom. The third-order valence-corrected chi connectivity index (χ3v) is 3.02. The van der Waals surface area contributed by atoms with Crippen molar-refractivity contribution in [3.63, 3.8) is 0 Å². The minimum absolute atomic E-state index is 0.0321. The fourth-order valence-electron chi connectivity index (χ4n) is 1.62. The monoisotopic (exact) mass is 200 g/mol. The summed E-state index contributed by atoms with van der Waals surface area (Å²) >= 11 is 0. The Morgan fingerprint density at radius 1 is 1.64 bits per heavy atom. The molecule has 4 N–H and O–H groups in total. The van der Waals surface area contributed by atoms with E-state index >= 15 is 0 Å². The van der Waals surface area contributed by atoms with E-state index in [2.05, 4.69) is 5.32 Å².